The molecular weight excluding hydrogens is 312 g/mol. The first-order valence-electron chi connectivity index (χ1n) is 7.88. The Morgan fingerprint density at radius 1 is 1.35 bits per heavy atom. The summed E-state index contributed by atoms with van der Waals surface area (Å²) in [6.45, 7) is 1.27. The third-order valence-electron chi connectivity index (χ3n) is 4.17. The molecule has 2 aromatic rings. The summed E-state index contributed by atoms with van der Waals surface area (Å²) in [5, 5.41) is 5.73. The number of fused-ring (bicyclic) bond motifs is 1. The number of hydrogen-bond acceptors (Lipinski definition) is 5. The Morgan fingerprint density at radius 3 is 3.13 bits per heavy atom. The number of nitrogens with one attached hydrogen (secondary N) is 1. The first-order chi connectivity index (χ1) is 11.3. The number of para-hydroxylation sites is 1. The minimum atomic E-state index is -0.140. The average molecular weight is 330 g/mol. The highest BCUT2D eigenvalue weighted by Crippen LogP contribution is 2.30. The highest BCUT2D eigenvalue weighted by molar-refractivity contribution is 7.09. The lowest BCUT2D eigenvalue weighted by Crippen LogP contribution is -2.42. The molecule has 4 rings (SSSR count). The van der Waals surface area contributed by atoms with E-state index in [0.717, 1.165) is 42.2 Å². The molecular formula is C17H18N2O3S. The van der Waals surface area contributed by atoms with E-state index in [1.54, 1.807) is 0 Å². The zero-order valence-corrected chi connectivity index (χ0v) is 13.5. The van der Waals surface area contributed by atoms with Gasteiger partial charge in [0.15, 0.2) is 0 Å². The van der Waals surface area contributed by atoms with Gasteiger partial charge in [-0.05, 0) is 30.9 Å². The van der Waals surface area contributed by atoms with Gasteiger partial charge in [-0.1, -0.05) is 18.2 Å². The zero-order chi connectivity index (χ0) is 15.6. The van der Waals surface area contributed by atoms with E-state index in [0.29, 0.717) is 12.3 Å². The van der Waals surface area contributed by atoms with Crippen LogP contribution in [0.25, 0.3) is 0 Å². The van der Waals surface area contributed by atoms with Gasteiger partial charge in [-0.15, -0.1) is 11.3 Å². The van der Waals surface area contributed by atoms with E-state index in [1.165, 1.54) is 11.3 Å². The number of aromatic nitrogens is 1. The molecule has 23 heavy (non-hydrogen) atoms. The van der Waals surface area contributed by atoms with Gasteiger partial charge in [-0.3, -0.25) is 4.79 Å². The lowest BCUT2D eigenvalue weighted by molar-refractivity contribution is 0.0908. The Hall–Kier alpha value is -1.92. The Balaban J connectivity index is 1.40. The van der Waals surface area contributed by atoms with E-state index < -0.39 is 0 Å². The van der Waals surface area contributed by atoms with Crippen LogP contribution in [0.2, 0.25) is 0 Å². The van der Waals surface area contributed by atoms with Crippen LogP contribution in [0, 0.1) is 0 Å². The average Bonchev–Trinajstić information content (AvgIpc) is 3.26. The molecule has 120 valence electrons. The van der Waals surface area contributed by atoms with Gasteiger partial charge in [0, 0.05) is 12.0 Å². The molecule has 1 fully saturated rings. The molecule has 1 aromatic carbocycles. The normalized spacial score (nSPS) is 23.1. The molecule has 5 nitrogen and oxygen atoms in total. The fraction of sp³-hybridized carbons (Fsp3) is 0.412. The van der Waals surface area contributed by atoms with Crippen molar-refractivity contribution in [3.8, 4) is 5.75 Å². The predicted octanol–water partition coefficient (Wildman–Crippen LogP) is 2.73. The van der Waals surface area contributed by atoms with Crippen molar-refractivity contribution >= 4 is 17.2 Å². The van der Waals surface area contributed by atoms with Crippen molar-refractivity contribution in [2.24, 2.45) is 0 Å². The molecule has 0 saturated carbocycles. The molecule has 2 atom stereocenters. The Bertz CT molecular complexity index is 709. The van der Waals surface area contributed by atoms with Gasteiger partial charge in [0.1, 0.15) is 29.2 Å². The van der Waals surface area contributed by atoms with Crippen LogP contribution in [0.15, 0.2) is 29.6 Å². The van der Waals surface area contributed by atoms with E-state index in [-0.39, 0.29) is 18.1 Å². The third-order valence-corrected chi connectivity index (χ3v) is 5.11. The van der Waals surface area contributed by atoms with Crippen LogP contribution in [0.1, 0.15) is 40.0 Å². The van der Waals surface area contributed by atoms with Gasteiger partial charge in [-0.2, -0.15) is 0 Å². The molecule has 1 N–H and O–H groups in total. The van der Waals surface area contributed by atoms with Crippen molar-refractivity contribution in [1.29, 1.82) is 0 Å². The summed E-state index contributed by atoms with van der Waals surface area (Å²) < 4.78 is 11.3. The smallest absolute Gasteiger partial charge is 0.271 e. The quantitative estimate of drug-likeness (QED) is 0.940. The maximum Gasteiger partial charge on any atom is 0.271 e. The number of carbonyl (C=O) groups excluding carboxylic acids is 1. The standard InChI is InChI=1S/C17H18N2O3S/c20-16(13-10-23-17(19-13)15-6-3-7-21-15)18-12-8-11-4-1-2-5-14(11)22-9-12/h1-2,4-5,10,12,15H,3,6-9H2,(H,18,20)/t12-,15-/m1/s1. The summed E-state index contributed by atoms with van der Waals surface area (Å²) in [5.41, 5.74) is 1.60. The van der Waals surface area contributed by atoms with Crippen molar-refractivity contribution in [1.82, 2.24) is 10.3 Å². The first-order valence-corrected chi connectivity index (χ1v) is 8.76. The molecule has 3 heterocycles. The lowest BCUT2D eigenvalue weighted by Gasteiger charge is -2.25. The van der Waals surface area contributed by atoms with Gasteiger partial charge in [0.05, 0.1) is 6.04 Å². The molecule has 0 aliphatic carbocycles. The van der Waals surface area contributed by atoms with Crippen molar-refractivity contribution in [2.45, 2.75) is 31.4 Å². The number of hydrogen-bond donors (Lipinski definition) is 1. The van der Waals surface area contributed by atoms with Crippen LogP contribution in [0.5, 0.6) is 5.75 Å². The molecule has 0 spiro atoms. The minimum absolute atomic E-state index is 0.0229. The van der Waals surface area contributed by atoms with E-state index in [9.17, 15) is 4.79 Å². The second-order valence-electron chi connectivity index (χ2n) is 5.87. The summed E-state index contributed by atoms with van der Waals surface area (Å²) in [6.07, 6.45) is 2.89. The number of ether oxygens (including phenoxy) is 2. The monoisotopic (exact) mass is 330 g/mol. The van der Waals surface area contributed by atoms with Gasteiger partial charge < -0.3 is 14.8 Å². The fourth-order valence-electron chi connectivity index (χ4n) is 2.99. The lowest BCUT2D eigenvalue weighted by atomic mass is 10.0. The van der Waals surface area contributed by atoms with Crippen LogP contribution >= 0.6 is 11.3 Å². The molecule has 0 bridgehead atoms. The Kier molecular flexibility index (Phi) is 4.01. The second kappa shape index (κ2) is 6.29. The maximum absolute atomic E-state index is 12.4. The number of carbonyl (C=O) groups is 1. The third kappa shape index (κ3) is 3.09. The molecule has 1 amide bonds. The van der Waals surface area contributed by atoms with Gasteiger partial charge >= 0.3 is 0 Å². The van der Waals surface area contributed by atoms with Crippen molar-refractivity contribution in [3.63, 3.8) is 0 Å². The number of rotatable bonds is 3. The van der Waals surface area contributed by atoms with Gasteiger partial charge in [-0.25, -0.2) is 4.98 Å². The summed E-state index contributed by atoms with van der Waals surface area (Å²) in [6, 6.07) is 7.92. The highest BCUT2D eigenvalue weighted by atomic mass is 32.1. The van der Waals surface area contributed by atoms with Crippen LogP contribution in [0.4, 0.5) is 0 Å². The maximum atomic E-state index is 12.4. The zero-order valence-electron chi connectivity index (χ0n) is 12.7. The predicted molar refractivity (Wildman–Crippen MR) is 86.9 cm³/mol. The Labute approximate surface area is 138 Å². The molecule has 2 aliphatic rings. The van der Waals surface area contributed by atoms with Gasteiger partial charge in [0.2, 0.25) is 0 Å². The van der Waals surface area contributed by atoms with Crippen LogP contribution in [0.3, 0.4) is 0 Å². The fourth-order valence-corrected chi connectivity index (χ4v) is 3.87. The molecule has 0 radical (unpaired) electrons. The van der Waals surface area contributed by atoms with Gasteiger partial charge in [0.25, 0.3) is 5.91 Å². The van der Waals surface area contributed by atoms with Crippen LogP contribution in [-0.4, -0.2) is 30.1 Å². The minimum Gasteiger partial charge on any atom is -0.491 e. The van der Waals surface area contributed by atoms with E-state index >= 15 is 0 Å². The summed E-state index contributed by atoms with van der Waals surface area (Å²) in [7, 11) is 0. The van der Waals surface area contributed by atoms with E-state index in [2.05, 4.69) is 10.3 Å². The second-order valence-corrected chi connectivity index (χ2v) is 6.76. The molecule has 0 unspecified atom stereocenters. The Morgan fingerprint density at radius 2 is 2.26 bits per heavy atom. The van der Waals surface area contributed by atoms with Crippen LogP contribution < -0.4 is 10.1 Å². The molecule has 2 aliphatic heterocycles. The van der Waals surface area contributed by atoms with Crippen LogP contribution in [-0.2, 0) is 11.2 Å². The molecule has 1 aromatic heterocycles. The summed E-state index contributed by atoms with van der Waals surface area (Å²) in [4.78, 5) is 16.8. The van der Waals surface area contributed by atoms with E-state index in [1.807, 2.05) is 29.6 Å². The van der Waals surface area contributed by atoms with Crippen molar-refractivity contribution < 1.29 is 14.3 Å². The molecule has 6 heteroatoms. The molecule has 1 saturated heterocycles. The first kappa shape index (κ1) is 14.7. The number of nitrogens with zero attached hydrogens (tertiary/aromatic N) is 1. The largest absolute Gasteiger partial charge is 0.491 e. The summed E-state index contributed by atoms with van der Waals surface area (Å²) >= 11 is 1.50. The highest BCUT2D eigenvalue weighted by Gasteiger charge is 2.25. The SMILES string of the molecule is O=C(N[C@H]1COc2ccccc2C1)c1csc([C@H]2CCCO2)n1. The summed E-state index contributed by atoms with van der Waals surface area (Å²) in [5.74, 6) is 0.769. The van der Waals surface area contributed by atoms with E-state index in [4.69, 9.17) is 9.47 Å². The van der Waals surface area contributed by atoms with Crippen molar-refractivity contribution in [3.05, 3.63) is 45.9 Å². The topological polar surface area (TPSA) is 60.5 Å². The number of benzene rings is 1. The number of thiazole rings is 1. The van der Waals surface area contributed by atoms with Crippen molar-refractivity contribution in [2.75, 3.05) is 13.2 Å². The number of amides is 1.